The van der Waals surface area contributed by atoms with Crippen LogP contribution in [0.2, 0.25) is 0 Å². The summed E-state index contributed by atoms with van der Waals surface area (Å²) in [7, 11) is -2.40. The topological polar surface area (TPSA) is 26.3 Å². The van der Waals surface area contributed by atoms with Gasteiger partial charge in [0.05, 0.1) is 12.4 Å². The molecule has 0 bridgehead atoms. The molecular formula is C25H24O2P+. The van der Waals surface area contributed by atoms with Crippen LogP contribution in [-0.4, -0.2) is 12.5 Å². The van der Waals surface area contributed by atoms with Gasteiger partial charge in [-0.15, -0.1) is 0 Å². The number of carbonyl (C=O) groups excluding carboxylic acids is 1. The Morgan fingerprint density at radius 3 is 1.54 bits per heavy atom. The van der Waals surface area contributed by atoms with Crippen LogP contribution in [0.1, 0.15) is 13.8 Å². The lowest BCUT2D eigenvalue weighted by molar-refractivity contribution is 0.231. The maximum Gasteiger partial charge on any atom is 0.195 e. The predicted molar refractivity (Wildman–Crippen MR) is 120 cm³/mol. The summed E-state index contributed by atoms with van der Waals surface area (Å²) < 4.78 is 5.66. The van der Waals surface area contributed by atoms with E-state index in [-0.39, 0.29) is 0 Å². The minimum Gasteiger partial charge on any atom is -0.498 e. The van der Waals surface area contributed by atoms with E-state index >= 15 is 0 Å². The Hall–Kier alpha value is -2.92. The van der Waals surface area contributed by atoms with Crippen molar-refractivity contribution in [2.24, 2.45) is 0 Å². The molecule has 0 unspecified atom stereocenters. The maximum absolute atomic E-state index is 12.4. The quantitative estimate of drug-likeness (QED) is 0.256. The Balaban J connectivity index is 2.41. The highest BCUT2D eigenvalue weighted by Gasteiger charge is 2.50. The Bertz CT molecular complexity index is 876. The van der Waals surface area contributed by atoms with Gasteiger partial charge >= 0.3 is 0 Å². The minimum atomic E-state index is -2.40. The summed E-state index contributed by atoms with van der Waals surface area (Å²) in [6.45, 7) is 4.38. The van der Waals surface area contributed by atoms with Crippen LogP contribution in [0, 0.1) is 0 Å². The number of rotatable bonds is 7. The van der Waals surface area contributed by atoms with E-state index in [1.807, 2.05) is 74.5 Å². The van der Waals surface area contributed by atoms with E-state index in [0.29, 0.717) is 17.7 Å². The fourth-order valence-electron chi connectivity index (χ4n) is 3.48. The molecule has 0 heterocycles. The molecule has 0 aliphatic carbocycles. The van der Waals surface area contributed by atoms with Crippen LogP contribution in [-0.2, 0) is 9.53 Å². The van der Waals surface area contributed by atoms with Gasteiger partial charge in [-0.05, 0) is 50.2 Å². The smallest absolute Gasteiger partial charge is 0.195 e. The van der Waals surface area contributed by atoms with Gasteiger partial charge in [-0.25, -0.2) is 4.79 Å². The molecule has 28 heavy (non-hydrogen) atoms. The molecule has 0 saturated heterocycles. The van der Waals surface area contributed by atoms with E-state index in [1.54, 1.807) is 0 Å². The van der Waals surface area contributed by atoms with Crippen molar-refractivity contribution in [2.75, 3.05) is 6.61 Å². The molecule has 3 heteroatoms. The van der Waals surface area contributed by atoms with E-state index in [9.17, 15) is 4.79 Å². The fraction of sp³-hybridized carbons (Fsp3) is 0.120. The number of benzene rings is 3. The second-order valence-electron chi connectivity index (χ2n) is 6.35. The molecule has 0 spiro atoms. The Morgan fingerprint density at radius 1 is 0.821 bits per heavy atom. The summed E-state index contributed by atoms with van der Waals surface area (Å²) in [6.07, 6.45) is 1.86. The zero-order chi connectivity index (χ0) is 19.8. The van der Waals surface area contributed by atoms with Crippen molar-refractivity contribution in [3.8, 4) is 0 Å². The van der Waals surface area contributed by atoms with Crippen LogP contribution in [0.5, 0.6) is 0 Å². The van der Waals surface area contributed by atoms with Gasteiger partial charge in [0, 0.05) is 6.08 Å². The van der Waals surface area contributed by atoms with Gasteiger partial charge in [0.25, 0.3) is 0 Å². The molecule has 0 fully saturated rings. The Labute approximate surface area is 167 Å². The third-order valence-corrected chi connectivity index (χ3v) is 8.77. The van der Waals surface area contributed by atoms with Crippen LogP contribution < -0.4 is 15.9 Å². The molecule has 0 saturated carbocycles. The second kappa shape index (κ2) is 9.33. The molecule has 0 radical (unpaired) electrons. The van der Waals surface area contributed by atoms with Crippen LogP contribution in [0.3, 0.4) is 0 Å². The zero-order valence-corrected chi connectivity index (χ0v) is 17.1. The standard InChI is InChI=1S/C25H24O2P/c1-3-27-21(2)19-25(20-26)28(22-13-7-4-8-14-22,23-15-9-5-10-16-23)24-17-11-6-12-18-24/h4-19H,3H2,1-2H3/q+1. The SMILES string of the molecule is CCOC(C)=CC(=C=O)[P+](c1ccccc1)(c1ccccc1)c1ccccc1. The Morgan fingerprint density at radius 2 is 1.21 bits per heavy atom. The van der Waals surface area contributed by atoms with Crippen molar-refractivity contribution in [3.63, 3.8) is 0 Å². The molecule has 0 amide bonds. The lowest BCUT2D eigenvalue weighted by Gasteiger charge is -2.26. The monoisotopic (exact) mass is 387 g/mol. The molecule has 2 nitrogen and oxygen atoms in total. The van der Waals surface area contributed by atoms with E-state index in [0.717, 1.165) is 15.9 Å². The number of hydrogen-bond donors (Lipinski definition) is 0. The Kier molecular flexibility index (Phi) is 6.61. The van der Waals surface area contributed by atoms with Gasteiger partial charge in [0.15, 0.2) is 18.5 Å². The van der Waals surface area contributed by atoms with E-state index in [4.69, 9.17) is 4.74 Å². The summed E-state index contributed by atoms with van der Waals surface area (Å²) in [4.78, 5) is 12.4. The third-order valence-electron chi connectivity index (χ3n) is 4.61. The molecule has 0 aromatic heterocycles. The molecule has 0 atom stereocenters. The highest BCUT2D eigenvalue weighted by molar-refractivity contribution is 7.99. The van der Waals surface area contributed by atoms with Gasteiger partial charge in [-0.3, -0.25) is 0 Å². The average Bonchev–Trinajstić information content (AvgIpc) is 2.76. The molecule has 0 N–H and O–H groups in total. The van der Waals surface area contributed by atoms with Gasteiger partial charge in [0.2, 0.25) is 0 Å². The summed E-state index contributed by atoms with van der Waals surface area (Å²) in [5.74, 6) is 3.00. The molecular weight excluding hydrogens is 363 g/mol. The van der Waals surface area contributed by atoms with Crippen molar-refractivity contribution in [3.05, 3.63) is 108 Å². The lowest BCUT2D eigenvalue weighted by Crippen LogP contribution is -2.32. The summed E-state index contributed by atoms with van der Waals surface area (Å²) in [6, 6.07) is 30.8. The third kappa shape index (κ3) is 3.85. The molecule has 3 aromatic carbocycles. The van der Waals surface area contributed by atoms with E-state index < -0.39 is 7.26 Å². The van der Waals surface area contributed by atoms with Crippen molar-refractivity contribution < 1.29 is 9.53 Å². The van der Waals surface area contributed by atoms with Crippen molar-refractivity contribution in [1.29, 1.82) is 0 Å². The van der Waals surface area contributed by atoms with Gasteiger partial charge in [0.1, 0.15) is 15.9 Å². The molecule has 0 aliphatic rings. The summed E-state index contributed by atoms with van der Waals surface area (Å²) in [5.41, 5.74) is 0. The normalized spacial score (nSPS) is 11.6. The van der Waals surface area contributed by atoms with E-state index in [2.05, 4.69) is 42.3 Å². The van der Waals surface area contributed by atoms with Crippen LogP contribution in [0.15, 0.2) is 108 Å². The highest BCUT2D eigenvalue weighted by atomic mass is 31.2. The molecule has 3 rings (SSSR count). The summed E-state index contributed by atoms with van der Waals surface area (Å²) >= 11 is 0. The molecule has 3 aromatic rings. The van der Waals surface area contributed by atoms with Crippen molar-refractivity contribution >= 4 is 29.1 Å². The fourth-order valence-corrected chi connectivity index (χ4v) is 7.58. The van der Waals surface area contributed by atoms with Crippen molar-refractivity contribution in [1.82, 2.24) is 0 Å². The predicted octanol–water partition coefficient (Wildman–Crippen LogP) is 4.64. The summed E-state index contributed by atoms with van der Waals surface area (Å²) in [5, 5.41) is 3.98. The van der Waals surface area contributed by atoms with E-state index in [1.165, 1.54) is 0 Å². The van der Waals surface area contributed by atoms with Gasteiger partial charge in [-0.1, -0.05) is 54.6 Å². The second-order valence-corrected chi connectivity index (χ2v) is 9.73. The highest BCUT2D eigenvalue weighted by Crippen LogP contribution is 2.62. The van der Waals surface area contributed by atoms with Gasteiger partial charge in [-0.2, -0.15) is 0 Å². The zero-order valence-electron chi connectivity index (χ0n) is 16.2. The maximum atomic E-state index is 12.4. The number of hydrogen-bond acceptors (Lipinski definition) is 2. The van der Waals surface area contributed by atoms with Crippen LogP contribution >= 0.6 is 7.26 Å². The number of ether oxygens (including phenoxy) is 1. The van der Waals surface area contributed by atoms with Crippen molar-refractivity contribution in [2.45, 2.75) is 13.8 Å². The average molecular weight is 387 g/mol. The van der Waals surface area contributed by atoms with Gasteiger partial charge < -0.3 is 4.74 Å². The first-order valence-corrected chi connectivity index (χ1v) is 11.1. The molecule has 140 valence electrons. The van der Waals surface area contributed by atoms with Crippen LogP contribution in [0.4, 0.5) is 0 Å². The lowest BCUT2D eigenvalue weighted by atomic mass is 10.3. The van der Waals surface area contributed by atoms with Crippen LogP contribution in [0.25, 0.3) is 0 Å². The number of allylic oxidation sites excluding steroid dienone is 3. The first kappa shape index (κ1) is 19.8. The first-order valence-electron chi connectivity index (χ1n) is 9.36. The molecule has 0 aliphatic heterocycles. The minimum absolute atomic E-state index is 0.557. The first-order chi connectivity index (χ1) is 13.7. The largest absolute Gasteiger partial charge is 0.498 e.